The van der Waals surface area contributed by atoms with Crippen LogP contribution in [-0.2, 0) is 0 Å². The molecule has 0 saturated heterocycles. The Morgan fingerprint density at radius 2 is 2.00 bits per heavy atom. The Morgan fingerprint density at radius 1 is 1.19 bits per heavy atom. The molecule has 108 valence electrons. The second kappa shape index (κ2) is 5.60. The van der Waals surface area contributed by atoms with Crippen LogP contribution in [0, 0.1) is 6.92 Å². The largest absolute Gasteiger partial charge is 0.493 e. The first kappa shape index (κ1) is 13.7. The molecule has 3 nitrogen and oxygen atoms in total. The standard InChI is InChI=1S/C18H19NO2/c1-13-6-5-7-14(12-13)18(20)19(2)16-10-11-21-17-9-4-3-8-15(16)17/h3-9,12,16H,10-11H2,1-2H3. The van der Waals surface area contributed by atoms with Gasteiger partial charge in [0.05, 0.1) is 12.6 Å². The number of carbonyl (C=O) groups is 1. The zero-order chi connectivity index (χ0) is 14.8. The Hall–Kier alpha value is -2.29. The summed E-state index contributed by atoms with van der Waals surface area (Å²) in [5.41, 5.74) is 2.93. The van der Waals surface area contributed by atoms with Crippen molar-refractivity contribution in [1.82, 2.24) is 4.90 Å². The maximum Gasteiger partial charge on any atom is 0.254 e. The first-order valence-corrected chi connectivity index (χ1v) is 7.22. The number of hydrogen-bond donors (Lipinski definition) is 0. The highest BCUT2D eigenvalue weighted by molar-refractivity contribution is 5.94. The van der Waals surface area contributed by atoms with Gasteiger partial charge in [0.15, 0.2) is 0 Å². The van der Waals surface area contributed by atoms with Crippen LogP contribution in [0.1, 0.15) is 33.9 Å². The van der Waals surface area contributed by atoms with Gasteiger partial charge < -0.3 is 9.64 Å². The lowest BCUT2D eigenvalue weighted by atomic mass is 9.98. The van der Waals surface area contributed by atoms with Crippen molar-refractivity contribution in [3.63, 3.8) is 0 Å². The second-order valence-electron chi connectivity index (χ2n) is 5.48. The SMILES string of the molecule is Cc1cccc(C(=O)N(C)C2CCOc3ccccc32)c1. The van der Waals surface area contributed by atoms with Crippen LogP contribution in [-0.4, -0.2) is 24.5 Å². The summed E-state index contributed by atoms with van der Waals surface area (Å²) in [4.78, 5) is 14.5. The van der Waals surface area contributed by atoms with Crippen LogP contribution in [0.3, 0.4) is 0 Å². The predicted molar refractivity (Wildman–Crippen MR) is 82.6 cm³/mol. The van der Waals surface area contributed by atoms with Crippen LogP contribution in [0.2, 0.25) is 0 Å². The summed E-state index contributed by atoms with van der Waals surface area (Å²) >= 11 is 0. The number of para-hydroxylation sites is 1. The molecule has 0 aliphatic carbocycles. The van der Waals surface area contributed by atoms with E-state index in [1.807, 2.05) is 67.4 Å². The average Bonchev–Trinajstić information content (AvgIpc) is 2.53. The summed E-state index contributed by atoms with van der Waals surface area (Å²) in [6.07, 6.45) is 0.824. The molecule has 1 atom stereocenters. The van der Waals surface area contributed by atoms with Crippen molar-refractivity contribution >= 4 is 5.91 Å². The van der Waals surface area contributed by atoms with E-state index in [2.05, 4.69) is 0 Å². The van der Waals surface area contributed by atoms with Gasteiger partial charge in [-0.05, 0) is 25.1 Å². The van der Waals surface area contributed by atoms with Gasteiger partial charge in [0.1, 0.15) is 5.75 Å². The van der Waals surface area contributed by atoms with Crippen LogP contribution < -0.4 is 4.74 Å². The van der Waals surface area contributed by atoms with E-state index in [1.54, 1.807) is 0 Å². The normalized spacial score (nSPS) is 16.8. The summed E-state index contributed by atoms with van der Waals surface area (Å²) < 4.78 is 5.67. The first-order valence-electron chi connectivity index (χ1n) is 7.22. The van der Waals surface area contributed by atoms with Gasteiger partial charge in [-0.1, -0.05) is 35.9 Å². The van der Waals surface area contributed by atoms with Gasteiger partial charge in [-0.2, -0.15) is 0 Å². The second-order valence-corrected chi connectivity index (χ2v) is 5.48. The van der Waals surface area contributed by atoms with Gasteiger partial charge >= 0.3 is 0 Å². The summed E-state index contributed by atoms with van der Waals surface area (Å²) in [5, 5.41) is 0. The Kier molecular flexibility index (Phi) is 3.65. The number of fused-ring (bicyclic) bond motifs is 1. The molecule has 2 aromatic rings. The van der Waals surface area contributed by atoms with Crippen molar-refractivity contribution in [2.45, 2.75) is 19.4 Å². The minimum absolute atomic E-state index is 0.0559. The first-order chi connectivity index (χ1) is 10.2. The highest BCUT2D eigenvalue weighted by Gasteiger charge is 2.28. The van der Waals surface area contributed by atoms with E-state index in [9.17, 15) is 4.79 Å². The number of amides is 1. The molecule has 1 aliphatic rings. The molecule has 0 fully saturated rings. The smallest absolute Gasteiger partial charge is 0.254 e. The minimum Gasteiger partial charge on any atom is -0.493 e. The summed E-state index contributed by atoms with van der Waals surface area (Å²) in [6.45, 7) is 2.65. The van der Waals surface area contributed by atoms with Crippen molar-refractivity contribution in [2.24, 2.45) is 0 Å². The number of hydrogen-bond acceptors (Lipinski definition) is 2. The molecule has 0 N–H and O–H groups in total. The number of ether oxygens (including phenoxy) is 1. The van der Waals surface area contributed by atoms with Crippen LogP contribution in [0.25, 0.3) is 0 Å². The van der Waals surface area contributed by atoms with Crippen LogP contribution in [0.15, 0.2) is 48.5 Å². The third-order valence-corrected chi connectivity index (χ3v) is 3.98. The average molecular weight is 281 g/mol. The van der Waals surface area contributed by atoms with Gasteiger partial charge in [-0.3, -0.25) is 4.79 Å². The van der Waals surface area contributed by atoms with E-state index in [-0.39, 0.29) is 11.9 Å². The number of benzene rings is 2. The lowest BCUT2D eigenvalue weighted by Gasteiger charge is -2.33. The molecule has 0 spiro atoms. The highest BCUT2D eigenvalue weighted by Crippen LogP contribution is 2.35. The Balaban J connectivity index is 1.89. The zero-order valence-corrected chi connectivity index (χ0v) is 12.4. The molecule has 2 aromatic carbocycles. The lowest BCUT2D eigenvalue weighted by molar-refractivity contribution is 0.0686. The lowest BCUT2D eigenvalue weighted by Crippen LogP contribution is -2.34. The fourth-order valence-electron chi connectivity index (χ4n) is 2.85. The van der Waals surface area contributed by atoms with Gasteiger partial charge in [0.25, 0.3) is 5.91 Å². The van der Waals surface area contributed by atoms with E-state index in [4.69, 9.17) is 4.74 Å². The number of nitrogens with zero attached hydrogens (tertiary/aromatic N) is 1. The molecule has 0 saturated carbocycles. The van der Waals surface area contributed by atoms with Crippen LogP contribution in [0.5, 0.6) is 5.75 Å². The summed E-state index contributed by atoms with van der Waals surface area (Å²) in [5.74, 6) is 0.943. The summed E-state index contributed by atoms with van der Waals surface area (Å²) in [7, 11) is 1.87. The topological polar surface area (TPSA) is 29.5 Å². The Labute approximate surface area is 125 Å². The minimum atomic E-state index is 0.0559. The van der Waals surface area contributed by atoms with E-state index >= 15 is 0 Å². The molecule has 0 bridgehead atoms. The van der Waals surface area contributed by atoms with Crippen molar-refractivity contribution in [3.8, 4) is 5.75 Å². The monoisotopic (exact) mass is 281 g/mol. The third-order valence-electron chi connectivity index (χ3n) is 3.98. The number of aryl methyl sites for hydroxylation is 1. The molecule has 21 heavy (non-hydrogen) atoms. The van der Waals surface area contributed by atoms with Crippen molar-refractivity contribution in [3.05, 3.63) is 65.2 Å². The maximum atomic E-state index is 12.7. The van der Waals surface area contributed by atoms with Gasteiger partial charge in [-0.25, -0.2) is 0 Å². The van der Waals surface area contributed by atoms with Crippen molar-refractivity contribution in [2.75, 3.05) is 13.7 Å². The molecule has 0 radical (unpaired) electrons. The van der Waals surface area contributed by atoms with E-state index in [0.29, 0.717) is 6.61 Å². The van der Waals surface area contributed by atoms with Gasteiger partial charge in [0, 0.05) is 24.6 Å². The fraction of sp³-hybridized carbons (Fsp3) is 0.278. The molecule has 3 heteroatoms. The molecule has 3 rings (SSSR count). The zero-order valence-electron chi connectivity index (χ0n) is 12.4. The quantitative estimate of drug-likeness (QED) is 0.842. The van der Waals surface area contributed by atoms with Crippen LogP contribution >= 0.6 is 0 Å². The molecule has 1 aliphatic heterocycles. The van der Waals surface area contributed by atoms with E-state index in [0.717, 1.165) is 28.9 Å². The molecular formula is C18H19NO2. The molecule has 1 heterocycles. The Bertz CT molecular complexity index is 666. The summed E-state index contributed by atoms with van der Waals surface area (Å²) in [6, 6.07) is 15.8. The van der Waals surface area contributed by atoms with Crippen molar-refractivity contribution < 1.29 is 9.53 Å². The third kappa shape index (κ3) is 2.64. The van der Waals surface area contributed by atoms with Crippen LogP contribution in [0.4, 0.5) is 0 Å². The molecule has 1 unspecified atom stereocenters. The highest BCUT2D eigenvalue weighted by atomic mass is 16.5. The van der Waals surface area contributed by atoms with Gasteiger partial charge in [0.2, 0.25) is 0 Å². The van der Waals surface area contributed by atoms with Crippen molar-refractivity contribution in [1.29, 1.82) is 0 Å². The van der Waals surface area contributed by atoms with E-state index in [1.165, 1.54) is 0 Å². The molecule has 1 amide bonds. The molecule has 0 aromatic heterocycles. The fourth-order valence-corrected chi connectivity index (χ4v) is 2.85. The Morgan fingerprint density at radius 3 is 2.81 bits per heavy atom. The van der Waals surface area contributed by atoms with Gasteiger partial charge in [-0.15, -0.1) is 0 Å². The van der Waals surface area contributed by atoms with E-state index < -0.39 is 0 Å². The molecular weight excluding hydrogens is 262 g/mol. The number of rotatable bonds is 2. The number of carbonyl (C=O) groups excluding carboxylic acids is 1. The maximum absolute atomic E-state index is 12.7. The predicted octanol–water partition coefficient (Wildman–Crippen LogP) is 3.59.